The number of thiazole rings is 1. The van der Waals surface area contributed by atoms with E-state index in [0.717, 1.165) is 34.5 Å². The number of likely N-dealkylation sites (tertiary alicyclic amines) is 1. The van der Waals surface area contributed by atoms with Crippen molar-refractivity contribution in [2.24, 2.45) is 0 Å². The van der Waals surface area contributed by atoms with Crippen molar-refractivity contribution in [2.45, 2.75) is 38.6 Å². The number of halogens is 2. The van der Waals surface area contributed by atoms with Gasteiger partial charge < -0.3 is 10.2 Å². The highest BCUT2D eigenvalue weighted by molar-refractivity contribution is 7.09. The number of aryl methyl sites for hydroxylation is 1. The Balaban J connectivity index is 1.27. The molecular weight excluding hydrogens is 461 g/mol. The second-order valence-corrected chi connectivity index (χ2v) is 9.59. The number of piperidine rings is 1. The summed E-state index contributed by atoms with van der Waals surface area (Å²) >= 11 is 7.64. The maximum atomic E-state index is 13.1. The van der Waals surface area contributed by atoms with Crippen LogP contribution in [0.2, 0.25) is 5.02 Å². The highest BCUT2D eigenvalue weighted by atomic mass is 35.5. The summed E-state index contributed by atoms with van der Waals surface area (Å²) in [5, 5.41) is 6.30. The number of hydrogen-bond donors (Lipinski definition) is 1. The number of aromatic nitrogens is 1. The van der Waals surface area contributed by atoms with Crippen molar-refractivity contribution in [1.29, 1.82) is 0 Å². The molecule has 0 atom stereocenters. The van der Waals surface area contributed by atoms with Gasteiger partial charge in [0.15, 0.2) is 0 Å². The molecule has 1 fully saturated rings. The van der Waals surface area contributed by atoms with Gasteiger partial charge in [0.1, 0.15) is 11.5 Å². The molecule has 0 aliphatic carbocycles. The van der Waals surface area contributed by atoms with E-state index in [-0.39, 0.29) is 30.0 Å². The molecule has 1 aliphatic heterocycles. The van der Waals surface area contributed by atoms with Crippen LogP contribution in [0, 0.1) is 12.7 Å². The van der Waals surface area contributed by atoms with Crippen molar-refractivity contribution in [3.05, 3.63) is 86.1 Å². The highest BCUT2D eigenvalue weighted by Gasteiger charge is 2.26. The van der Waals surface area contributed by atoms with Gasteiger partial charge in [0.2, 0.25) is 5.91 Å². The smallest absolute Gasteiger partial charge is 0.271 e. The minimum atomic E-state index is -0.303. The van der Waals surface area contributed by atoms with Gasteiger partial charge in [-0.2, -0.15) is 0 Å². The standard InChI is InChI=1S/C25H25ClFN3O2S/c1-16-2-3-18(12-21(16)26)14-28-24(32)22-15-33-25(29-22)19-8-10-30(11-9-19)23(31)13-17-4-6-20(27)7-5-17/h2-7,12,15,19H,8-11,13-14H2,1H3,(H,28,32). The number of nitrogens with zero attached hydrogens (tertiary/aromatic N) is 2. The lowest BCUT2D eigenvalue weighted by Gasteiger charge is -2.31. The van der Waals surface area contributed by atoms with Crippen molar-refractivity contribution in [2.75, 3.05) is 13.1 Å². The first kappa shape index (κ1) is 23.4. The van der Waals surface area contributed by atoms with Gasteiger partial charge in [-0.15, -0.1) is 11.3 Å². The van der Waals surface area contributed by atoms with Crippen LogP contribution in [0.4, 0.5) is 4.39 Å². The molecule has 2 heterocycles. The maximum Gasteiger partial charge on any atom is 0.271 e. The number of carbonyl (C=O) groups is 2. The van der Waals surface area contributed by atoms with Crippen LogP contribution in [-0.2, 0) is 17.8 Å². The molecule has 33 heavy (non-hydrogen) atoms. The lowest BCUT2D eigenvalue weighted by molar-refractivity contribution is -0.131. The van der Waals surface area contributed by atoms with E-state index in [1.807, 2.05) is 30.0 Å². The highest BCUT2D eigenvalue weighted by Crippen LogP contribution is 2.30. The number of amides is 2. The normalized spacial score (nSPS) is 14.3. The van der Waals surface area contributed by atoms with E-state index >= 15 is 0 Å². The van der Waals surface area contributed by atoms with Crippen molar-refractivity contribution in [3.63, 3.8) is 0 Å². The summed E-state index contributed by atoms with van der Waals surface area (Å²) < 4.78 is 13.1. The Hall–Kier alpha value is -2.77. The monoisotopic (exact) mass is 485 g/mol. The summed E-state index contributed by atoms with van der Waals surface area (Å²) in [6.45, 7) is 3.63. The van der Waals surface area contributed by atoms with Crippen LogP contribution in [0.1, 0.15) is 50.9 Å². The largest absolute Gasteiger partial charge is 0.347 e. The molecule has 0 unspecified atom stereocenters. The Labute approximate surface area is 201 Å². The van der Waals surface area contributed by atoms with Gasteiger partial charge in [-0.3, -0.25) is 9.59 Å². The van der Waals surface area contributed by atoms with Gasteiger partial charge in [-0.25, -0.2) is 9.37 Å². The Morgan fingerprint density at radius 3 is 2.55 bits per heavy atom. The van der Waals surface area contributed by atoms with Crippen LogP contribution in [0.25, 0.3) is 0 Å². The predicted octanol–water partition coefficient (Wildman–Crippen LogP) is 5.12. The molecule has 1 saturated heterocycles. The molecular formula is C25H25ClFN3O2S. The number of nitrogens with one attached hydrogen (secondary N) is 1. The molecule has 0 saturated carbocycles. The zero-order valence-corrected chi connectivity index (χ0v) is 19.9. The minimum absolute atomic E-state index is 0.0514. The van der Waals surface area contributed by atoms with Crippen LogP contribution in [0.3, 0.4) is 0 Å². The van der Waals surface area contributed by atoms with E-state index in [1.54, 1.807) is 17.5 Å². The van der Waals surface area contributed by atoms with Gasteiger partial charge >= 0.3 is 0 Å². The molecule has 1 N–H and O–H groups in total. The summed E-state index contributed by atoms with van der Waals surface area (Å²) in [5.41, 5.74) is 3.17. The molecule has 3 aromatic rings. The van der Waals surface area contributed by atoms with Crippen molar-refractivity contribution >= 4 is 34.8 Å². The third kappa shape index (κ3) is 5.97. The molecule has 1 aromatic heterocycles. The molecule has 0 radical (unpaired) electrons. The van der Waals surface area contributed by atoms with Crippen LogP contribution in [0.15, 0.2) is 47.8 Å². The molecule has 0 bridgehead atoms. The fourth-order valence-electron chi connectivity index (χ4n) is 3.86. The Morgan fingerprint density at radius 1 is 1.15 bits per heavy atom. The van der Waals surface area contributed by atoms with Gasteiger partial charge in [0.25, 0.3) is 5.91 Å². The lowest BCUT2D eigenvalue weighted by atomic mass is 9.97. The zero-order chi connectivity index (χ0) is 23.4. The average molecular weight is 486 g/mol. The molecule has 0 spiro atoms. The molecule has 172 valence electrons. The lowest BCUT2D eigenvalue weighted by Crippen LogP contribution is -2.38. The third-order valence-electron chi connectivity index (χ3n) is 5.91. The van der Waals surface area contributed by atoms with E-state index < -0.39 is 0 Å². The second-order valence-electron chi connectivity index (χ2n) is 8.30. The van der Waals surface area contributed by atoms with Gasteiger partial charge in [-0.05, 0) is 54.7 Å². The molecule has 1 aliphatic rings. The fraction of sp³-hybridized carbons (Fsp3) is 0.320. The molecule has 4 rings (SSSR count). The van der Waals surface area contributed by atoms with E-state index in [1.165, 1.54) is 23.5 Å². The number of hydrogen-bond acceptors (Lipinski definition) is 4. The van der Waals surface area contributed by atoms with Gasteiger partial charge in [0.05, 0.1) is 11.4 Å². The van der Waals surface area contributed by atoms with Crippen LogP contribution >= 0.6 is 22.9 Å². The summed E-state index contributed by atoms with van der Waals surface area (Å²) in [6.07, 6.45) is 1.90. The summed E-state index contributed by atoms with van der Waals surface area (Å²) in [5.74, 6) is -0.220. The Bertz CT molecular complexity index is 1140. The third-order valence-corrected chi connectivity index (χ3v) is 7.32. The summed E-state index contributed by atoms with van der Waals surface area (Å²) in [6, 6.07) is 11.8. The Kier molecular flexibility index (Phi) is 7.40. The first-order valence-corrected chi connectivity index (χ1v) is 12.2. The van der Waals surface area contributed by atoms with Crippen molar-refractivity contribution in [3.8, 4) is 0 Å². The predicted molar refractivity (Wildman–Crippen MR) is 128 cm³/mol. The first-order valence-electron chi connectivity index (χ1n) is 10.9. The SMILES string of the molecule is Cc1ccc(CNC(=O)c2csc(C3CCN(C(=O)Cc4ccc(F)cc4)CC3)n2)cc1Cl. The molecule has 2 aromatic carbocycles. The maximum absolute atomic E-state index is 13.1. The summed E-state index contributed by atoms with van der Waals surface area (Å²) in [7, 11) is 0. The van der Waals surface area contributed by atoms with Gasteiger partial charge in [0, 0.05) is 36.0 Å². The van der Waals surface area contributed by atoms with E-state index in [0.29, 0.717) is 30.4 Å². The Morgan fingerprint density at radius 2 is 1.85 bits per heavy atom. The molecule has 2 amide bonds. The fourth-order valence-corrected chi connectivity index (χ4v) is 5.04. The quantitative estimate of drug-likeness (QED) is 0.527. The van der Waals surface area contributed by atoms with E-state index in [9.17, 15) is 14.0 Å². The second kappa shape index (κ2) is 10.4. The molecule has 8 heteroatoms. The van der Waals surface area contributed by atoms with E-state index in [2.05, 4.69) is 10.3 Å². The van der Waals surface area contributed by atoms with Crippen molar-refractivity contribution < 1.29 is 14.0 Å². The van der Waals surface area contributed by atoms with Crippen LogP contribution in [0.5, 0.6) is 0 Å². The van der Waals surface area contributed by atoms with Crippen LogP contribution in [-0.4, -0.2) is 34.8 Å². The zero-order valence-electron chi connectivity index (χ0n) is 18.3. The first-order chi connectivity index (χ1) is 15.9. The number of rotatable bonds is 6. The summed E-state index contributed by atoms with van der Waals surface area (Å²) in [4.78, 5) is 31.5. The van der Waals surface area contributed by atoms with Crippen molar-refractivity contribution in [1.82, 2.24) is 15.2 Å². The average Bonchev–Trinajstić information content (AvgIpc) is 3.32. The topological polar surface area (TPSA) is 62.3 Å². The number of carbonyl (C=O) groups excluding carboxylic acids is 2. The van der Waals surface area contributed by atoms with E-state index in [4.69, 9.17) is 11.6 Å². The molecule has 5 nitrogen and oxygen atoms in total. The van der Waals surface area contributed by atoms with Crippen LogP contribution < -0.4 is 5.32 Å². The number of benzene rings is 2. The van der Waals surface area contributed by atoms with Gasteiger partial charge in [-0.1, -0.05) is 35.9 Å². The minimum Gasteiger partial charge on any atom is -0.347 e.